The molecule has 0 aromatic heterocycles. The van der Waals surface area contributed by atoms with Crippen molar-refractivity contribution in [1.29, 1.82) is 0 Å². The fraction of sp³-hybridized carbons (Fsp3) is 0.682. The second-order valence-electron chi connectivity index (χ2n) is 7.87. The van der Waals surface area contributed by atoms with Gasteiger partial charge in [0, 0.05) is 26.7 Å². The zero-order valence-corrected chi connectivity index (χ0v) is 20.4. The lowest BCUT2D eigenvalue weighted by molar-refractivity contribution is 0.0372. The topological polar surface area (TPSA) is 48.9 Å². The van der Waals surface area contributed by atoms with Crippen molar-refractivity contribution in [3.63, 3.8) is 0 Å². The molecule has 1 fully saturated rings. The van der Waals surface area contributed by atoms with Crippen LogP contribution in [-0.2, 0) is 11.2 Å². The third-order valence-corrected chi connectivity index (χ3v) is 5.00. The predicted molar refractivity (Wildman–Crippen MR) is 130 cm³/mol. The van der Waals surface area contributed by atoms with E-state index >= 15 is 0 Å². The highest BCUT2D eigenvalue weighted by Crippen LogP contribution is 2.15. The van der Waals surface area contributed by atoms with Gasteiger partial charge in [-0.05, 0) is 49.8 Å². The summed E-state index contributed by atoms with van der Waals surface area (Å²) in [5, 5.41) is 6.94. The summed E-state index contributed by atoms with van der Waals surface area (Å²) < 4.78 is 5.39. The fourth-order valence-corrected chi connectivity index (χ4v) is 3.39. The normalized spacial score (nSPS) is 16.5. The van der Waals surface area contributed by atoms with Crippen LogP contribution in [0.2, 0.25) is 0 Å². The van der Waals surface area contributed by atoms with E-state index in [1.165, 1.54) is 17.5 Å². The van der Waals surface area contributed by atoms with Gasteiger partial charge in [-0.1, -0.05) is 38.1 Å². The van der Waals surface area contributed by atoms with Crippen LogP contribution in [-0.4, -0.2) is 57.3 Å². The van der Waals surface area contributed by atoms with Gasteiger partial charge in [0.15, 0.2) is 5.96 Å². The summed E-state index contributed by atoms with van der Waals surface area (Å²) in [6.45, 7) is 12.7. The van der Waals surface area contributed by atoms with Gasteiger partial charge >= 0.3 is 0 Å². The molecule has 1 unspecified atom stereocenters. The number of nitrogens with one attached hydrogen (secondary N) is 2. The van der Waals surface area contributed by atoms with Crippen LogP contribution < -0.4 is 10.6 Å². The van der Waals surface area contributed by atoms with Crippen LogP contribution in [0.1, 0.15) is 50.8 Å². The summed E-state index contributed by atoms with van der Waals surface area (Å²) in [4.78, 5) is 6.85. The van der Waals surface area contributed by atoms with E-state index in [1.807, 2.05) is 7.05 Å². The number of aliphatic imine (C=N–C) groups is 1. The van der Waals surface area contributed by atoms with E-state index < -0.39 is 0 Å². The molecule has 1 atom stereocenters. The molecule has 0 spiro atoms. The molecule has 1 aliphatic heterocycles. The van der Waals surface area contributed by atoms with E-state index in [4.69, 9.17) is 4.74 Å². The number of hydrogen-bond acceptors (Lipinski definition) is 3. The number of ether oxygens (including phenoxy) is 1. The third-order valence-electron chi connectivity index (χ3n) is 5.00. The Bertz CT molecular complexity index is 556. The second kappa shape index (κ2) is 14.2. The number of rotatable bonds is 9. The maximum absolute atomic E-state index is 5.39. The maximum atomic E-state index is 5.39. The third kappa shape index (κ3) is 9.56. The predicted octanol–water partition coefficient (Wildman–Crippen LogP) is 3.84. The van der Waals surface area contributed by atoms with Gasteiger partial charge in [0.2, 0.25) is 0 Å². The van der Waals surface area contributed by atoms with E-state index in [0.717, 1.165) is 58.2 Å². The number of halogens is 1. The van der Waals surface area contributed by atoms with Gasteiger partial charge in [-0.2, -0.15) is 0 Å². The van der Waals surface area contributed by atoms with Gasteiger partial charge in [-0.15, -0.1) is 24.0 Å². The first kappa shape index (κ1) is 25.2. The average Bonchev–Trinajstić information content (AvgIpc) is 2.67. The Morgan fingerprint density at radius 2 is 1.79 bits per heavy atom. The Labute approximate surface area is 188 Å². The van der Waals surface area contributed by atoms with Crippen molar-refractivity contribution in [2.75, 3.05) is 46.4 Å². The van der Waals surface area contributed by atoms with Crippen LogP contribution in [0.15, 0.2) is 29.3 Å². The highest BCUT2D eigenvalue weighted by molar-refractivity contribution is 14.0. The minimum absolute atomic E-state index is 0. The van der Waals surface area contributed by atoms with Crippen LogP contribution in [0.4, 0.5) is 0 Å². The van der Waals surface area contributed by atoms with Crippen molar-refractivity contribution >= 4 is 29.9 Å². The number of benzene rings is 1. The van der Waals surface area contributed by atoms with Crippen molar-refractivity contribution in [2.45, 2.75) is 46.1 Å². The molecule has 0 amide bonds. The van der Waals surface area contributed by atoms with Crippen LogP contribution in [0.25, 0.3) is 0 Å². The number of hydrogen-bond donors (Lipinski definition) is 2. The van der Waals surface area contributed by atoms with Crippen LogP contribution in [0, 0.1) is 5.92 Å². The number of guanidine groups is 1. The monoisotopic (exact) mass is 502 g/mol. The van der Waals surface area contributed by atoms with Crippen LogP contribution in [0.3, 0.4) is 0 Å². The van der Waals surface area contributed by atoms with Crippen LogP contribution in [0.5, 0.6) is 0 Å². The molecule has 1 aliphatic rings. The lowest BCUT2D eigenvalue weighted by Gasteiger charge is -2.26. The molecule has 5 nitrogen and oxygen atoms in total. The van der Waals surface area contributed by atoms with Gasteiger partial charge in [0.05, 0.1) is 19.3 Å². The molecule has 2 rings (SSSR count). The first-order valence-electron chi connectivity index (χ1n) is 10.4. The molecule has 1 heterocycles. The fourth-order valence-electron chi connectivity index (χ4n) is 3.39. The Balaban J connectivity index is 0.00000392. The average molecular weight is 502 g/mol. The lowest BCUT2D eigenvalue weighted by Crippen LogP contribution is -2.39. The van der Waals surface area contributed by atoms with Gasteiger partial charge in [-0.25, -0.2) is 0 Å². The quantitative estimate of drug-likeness (QED) is 0.233. The molecular weight excluding hydrogens is 463 g/mol. The second-order valence-corrected chi connectivity index (χ2v) is 7.87. The minimum atomic E-state index is 0. The molecule has 0 saturated carbocycles. The number of nitrogens with zero attached hydrogens (tertiary/aromatic N) is 2. The molecule has 1 aromatic rings. The summed E-state index contributed by atoms with van der Waals surface area (Å²) in [6.07, 6.45) is 3.49. The SMILES string of the molecule is CN=C(NCCCCN1CCOCC1)NC(C)c1ccc(CC(C)C)cc1.I. The van der Waals surface area contributed by atoms with E-state index in [0.29, 0.717) is 5.92 Å². The smallest absolute Gasteiger partial charge is 0.191 e. The highest BCUT2D eigenvalue weighted by atomic mass is 127. The van der Waals surface area contributed by atoms with Gasteiger partial charge < -0.3 is 15.4 Å². The molecule has 6 heteroatoms. The first-order chi connectivity index (χ1) is 13.1. The van der Waals surface area contributed by atoms with Gasteiger partial charge in [0.25, 0.3) is 0 Å². The largest absolute Gasteiger partial charge is 0.379 e. The molecule has 0 bridgehead atoms. The molecule has 28 heavy (non-hydrogen) atoms. The van der Waals surface area contributed by atoms with Crippen molar-refractivity contribution in [3.8, 4) is 0 Å². The molecule has 0 aliphatic carbocycles. The maximum Gasteiger partial charge on any atom is 0.191 e. The zero-order valence-electron chi connectivity index (χ0n) is 18.0. The Morgan fingerprint density at radius 1 is 1.11 bits per heavy atom. The standard InChI is InChI=1S/C22H38N4O.HI/c1-18(2)17-20-7-9-21(10-8-20)19(3)25-22(23-4)24-11-5-6-12-26-13-15-27-16-14-26;/h7-10,18-19H,5-6,11-17H2,1-4H3,(H2,23,24,25);1H. The number of unbranched alkanes of at least 4 members (excludes halogenated alkanes) is 1. The molecule has 1 saturated heterocycles. The van der Waals surface area contributed by atoms with Gasteiger partial charge in [0.1, 0.15) is 0 Å². The van der Waals surface area contributed by atoms with Crippen molar-refractivity contribution in [1.82, 2.24) is 15.5 Å². The summed E-state index contributed by atoms with van der Waals surface area (Å²) in [5.74, 6) is 1.57. The molecule has 1 aromatic carbocycles. The van der Waals surface area contributed by atoms with E-state index in [1.54, 1.807) is 0 Å². The van der Waals surface area contributed by atoms with E-state index in [-0.39, 0.29) is 30.0 Å². The van der Waals surface area contributed by atoms with Crippen molar-refractivity contribution < 1.29 is 4.74 Å². The molecular formula is C22H39IN4O. The Morgan fingerprint density at radius 3 is 2.39 bits per heavy atom. The molecule has 160 valence electrons. The zero-order chi connectivity index (χ0) is 19.5. The Hall–Kier alpha value is -0.860. The lowest BCUT2D eigenvalue weighted by atomic mass is 10.00. The molecule has 0 radical (unpaired) electrons. The summed E-state index contributed by atoms with van der Waals surface area (Å²) >= 11 is 0. The van der Waals surface area contributed by atoms with Crippen LogP contribution >= 0.6 is 24.0 Å². The minimum Gasteiger partial charge on any atom is -0.379 e. The highest BCUT2D eigenvalue weighted by Gasteiger charge is 2.10. The van der Waals surface area contributed by atoms with Crippen molar-refractivity contribution in [3.05, 3.63) is 35.4 Å². The Kier molecular flexibility index (Phi) is 12.7. The van der Waals surface area contributed by atoms with E-state index in [2.05, 4.69) is 65.6 Å². The van der Waals surface area contributed by atoms with Crippen molar-refractivity contribution in [2.24, 2.45) is 10.9 Å². The summed E-state index contributed by atoms with van der Waals surface area (Å²) in [5.41, 5.74) is 2.70. The van der Waals surface area contributed by atoms with Gasteiger partial charge in [-0.3, -0.25) is 9.89 Å². The molecule has 2 N–H and O–H groups in total. The summed E-state index contributed by atoms with van der Waals surface area (Å²) in [6, 6.07) is 9.18. The number of morpholine rings is 1. The van der Waals surface area contributed by atoms with E-state index in [9.17, 15) is 0 Å². The first-order valence-corrected chi connectivity index (χ1v) is 10.4. The summed E-state index contributed by atoms with van der Waals surface area (Å²) in [7, 11) is 1.83.